The molecule has 3 N–H and O–H groups in total. The second-order valence-corrected chi connectivity index (χ2v) is 9.92. The van der Waals surface area contributed by atoms with Gasteiger partial charge < -0.3 is 25.2 Å². The smallest absolute Gasteiger partial charge is 0.335 e. The molecule has 2 aliphatic heterocycles. The molecule has 3 aliphatic rings. The van der Waals surface area contributed by atoms with Crippen LogP contribution in [0.3, 0.4) is 0 Å². The summed E-state index contributed by atoms with van der Waals surface area (Å²) >= 11 is 0. The molecule has 5 rings (SSSR count). The summed E-state index contributed by atoms with van der Waals surface area (Å²) in [5, 5.41) is 15.0. The number of amides is 3. The first-order chi connectivity index (χ1) is 16.9. The molecule has 2 unspecified atom stereocenters. The summed E-state index contributed by atoms with van der Waals surface area (Å²) in [5.74, 6) is -1.15. The van der Waals surface area contributed by atoms with Gasteiger partial charge >= 0.3 is 12.0 Å². The molecule has 184 valence electrons. The maximum Gasteiger partial charge on any atom is 0.335 e. The first-order valence-electron chi connectivity index (χ1n) is 12.3. The minimum absolute atomic E-state index is 0.00641. The van der Waals surface area contributed by atoms with E-state index in [-0.39, 0.29) is 46.6 Å². The molecule has 0 radical (unpaired) electrons. The molecule has 1 saturated carbocycles. The molecule has 0 spiro atoms. The van der Waals surface area contributed by atoms with E-state index in [4.69, 9.17) is 0 Å². The molecule has 35 heavy (non-hydrogen) atoms. The number of hydrogen-bond acceptors (Lipinski definition) is 4. The van der Waals surface area contributed by atoms with E-state index >= 15 is 0 Å². The Morgan fingerprint density at radius 1 is 0.943 bits per heavy atom. The maximum atomic E-state index is 13.2. The average molecular weight is 479 g/mol. The van der Waals surface area contributed by atoms with Crippen LogP contribution in [-0.4, -0.2) is 51.6 Å². The fourth-order valence-electron chi connectivity index (χ4n) is 5.77. The summed E-state index contributed by atoms with van der Waals surface area (Å²) in [5.41, 5.74) is 1.34. The third-order valence-corrected chi connectivity index (χ3v) is 7.44. The third kappa shape index (κ3) is 4.80. The lowest BCUT2D eigenvalue weighted by Crippen LogP contribution is -2.49. The van der Waals surface area contributed by atoms with Crippen LogP contribution in [0.15, 0.2) is 41.2 Å². The number of carboxylic acids is 1. The molecule has 9 heteroatoms. The maximum absolute atomic E-state index is 13.2. The number of aromatic nitrogens is 1. The first-order valence-corrected chi connectivity index (χ1v) is 12.3. The molecule has 1 aromatic carbocycles. The van der Waals surface area contributed by atoms with Crippen LogP contribution < -0.4 is 16.2 Å². The van der Waals surface area contributed by atoms with Gasteiger partial charge in [-0.1, -0.05) is 25.3 Å². The van der Waals surface area contributed by atoms with Gasteiger partial charge in [0.15, 0.2) is 0 Å². The Morgan fingerprint density at radius 2 is 1.71 bits per heavy atom. The predicted molar refractivity (Wildman–Crippen MR) is 130 cm³/mol. The van der Waals surface area contributed by atoms with E-state index in [9.17, 15) is 24.3 Å². The van der Waals surface area contributed by atoms with Crippen LogP contribution in [0.5, 0.6) is 0 Å². The van der Waals surface area contributed by atoms with Crippen molar-refractivity contribution < 1.29 is 19.5 Å². The number of anilines is 1. The molecule has 3 heterocycles. The second kappa shape index (κ2) is 9.56. The van der Waals surface area contributed by atoms with Crippen molar-refractivity contribution in [1.82, 2.24) is 14.8 Å². The number of pyridine rings is 1. The van der Waals surface area contributed by atoms with Gasteiger partial charge in [0.1, 0.15) is 5.69 Å². The molecule has 1 saturated heterocycles. The zero-order chi connectivity index (χ0) is 24.5. The molecule has 2 aromatic rings. The Bertz CT molecular complexity index is 1220. The fraction of sp³-hybridized carbons (Fsp3) is 0.462. The van der Waals surface area contributed by atoms with E-state index in [1.54, 1.807) is 27.7 Å². The number of likely N-dealkylation sites (tertiary alicyclic amines) is 1. The normalized spacial score (nSPS) is 21.7. The van der Waals surface area contributed by atoms with Crippen LogP contribution in [0, 0.1) is 5.92 Å². The lowest BCUT2D eigenvalue weighted by Gasteiger charge is -2.43. The number of piperidine rings is 1. The van der Waals surface area contributed by atoms with E-state index < -0.39 is 5.97 Å². The molecule has 9 nitrogen and oxygen atoms in total. The quantitative estimate of drug-likeness (QED) is 0.623. The van der Waals surface area contributed by atoms with Crippen LogP contribution in [0.25, 0.3) is 0 Å². The first kappa shape index (κ1) is 23.1. The van der Waals surface area contributed by atoms with Gasteiger partial charge in [-0.05, 0) is 55.5 Å². The Hall–Kier alpha value is -3.62. The molecule has 2 bridgehead atoms. The fourth-order valence-corrected chi connectivity index (χ4v) is 5.77. The number of aromatic carboxylic acids is 1. The molecule has 1 aromatic heterocycles. The van der Waals surface area contributed by atoms with Gasteiger partial charge in [-0.2, -0.15) is 0 Å². The number of carbonyl (C=O) groups excluding carboxylic acids is 2. The van der Waals surface area contributed by atoms with Crippen LogP contribution in [0.4, 0.5) is 10.5 Å². The molecule has 2 fully saturated rings. The van der Waals surface area contributed by atoms with Crippen molar-refractivity contribution in [1.29, 1.82) is 0 Å². The van der Waals surface area contributed by atoms with E-state index in [1.165, 1.54) is 18.6 Å². The summed E-state index contributed by atoms with van der Waals surface area (Å²) in [7, 11) is 0. The van der Waals surface area contributed by atoms with Crippen molar-refractivity contribution in [2.45, 2.75) is 57.0 Å². The average Bonchev–Trinajstić information content (AvgIpc) is 2.86. The second-order valence-electron chi connectivity index (χ2n) is 9.92. The number of urea groups is 1. The highest BCUT2D eigenvalue weighted by Crippen LogP contribution is 2.36. The number of fused-ring (bicyclic) bond motifs is 4. The van der Waals surface area contributed by atoms with Gasteiger partial charge in [0.25, 0.3) is 11.5 Å². The number of carbonyl (C=O) groups is 3. The summed E-state index contributed by atoms with van der Waals surface area (Å²) in [6.45, 7) is 1.43. The Balaban J connectivity index is 1.30. The zero-order valence-electron chi connectivity index (χ0n) is 19.5. The molecule has 3 amide bonds. The van der Waals surface area contributed by atoms with Crippen molar-refractivity contribution >= 4 is 23.6 Å². The lowest BCUT2D eigenvalue weighted by atomic mass is 9.83. The van der Waals surface area contributed by atoms with Crippen molar-refractivity contribution in [3.8, 4) is 0 Å². The van der Waals surface area contributed by atoms with Crippen molar-refractivity contribution in [3.63, 3.8) is 0 Å². The minimum atomic E-state index is -1.07. The van der Waals surface area contributed by atoms with Crippen molar-refractivity contribution in [2.75, 3.05) is 18.4 Å². The predicted octanol–water partition coefficient (Wildman–Crippen LogP) is 3.26. The monoisotopic (exact) mass is 478 g/mol. The number of nitrogens with one attached hydrogen (secondary N) is 2. The lowest BCUT2D eigenvalue weighted by molar-refractivity contribution is 0.0594. The van der Waals surface area contributed by atoms with Crippen LogP contribution in [0.1, 0.15) is 70.9 Å². The van der Waals surface area contributed by atoms with Gasteiger partial charge in [-0.15, -0.1) is 0 Å². The number of hydrogen-bond donors (Lipinski definition) is 3. The molecule has 1 aliphatic carbocycles. The summed E-state index contributed by atoms with van der Waals surface area (Å²) in [4.78, 5) is 51.8. The topological polar surface area (TPSA) is 121 Å². The van der Waals surface area contributed by atoms with E-state index in [1.807, 2.05) is 6.07 Å². The minimum Gasteiger partial charge on any atom is -0.478 e. The highest BCUT2D eigenvalue weighted by molar-refractivity contribution is 5.97. The Morgan fingerprint density at radius 3 is 2.49 bits per heavy atom. The van der Waals surface area contributed by atoms with Crippen LogP contribution in [-0.2, 0) is 6.54 Å². The number of rotatable bonds is 4. The standard InChI is InChI=1S/C26H30N4O5/c31-23(17-5-4-6-18(12-17)25(33)34)29-13-16-11-19(15-29)22-10-9-21(24(32)30(22)14-16)28-26(35)27-20-7-2-1-3-8-20/h4-6,9-10,12,16,19-20H,1-3,7-8,11,13-15H2,(H,33,34)(H2,27,28,35). The highest BCUT2D eigenvalue weighted by Gasteiger charge is 2.37. The van der Waals surface area contributed by atoms with Gasteiger partial charge in [-0.25, -0.2) is 9.59 Å². The number of nitrogens with zero attached hydrogens (tertiary/aromatic N) is 2. The Kier molecular flexibility index (Phi) is 6.32. The van der Waals surface area contributed by atoms with Gasteiger partial charge in [0.2, 0.25) is 0 Å². The summed E-state index contributed by atoms with van der Waals surface area (Å²) < 4.78 is 1.74. The number of carboxylic acid groups (broad SMARTS) is 1. The van der Waals surface area contributed by atoms with E-state index in [0.29, 0.717) is 25.2 Å². The summed E-state index contributed by atoms with van der Waals surface area (Å²) in [6.07, 6.45) is 6.24. The SMILES string of the molecule is O=C(Nc1ccc2n(c1=O)CC1CC2CN(C(=O)c2cccc(C(=O)O)c2)C1)NC1CCCCC1. The van der Waals surface area contributed by atoms with Gasteiger partial charge in [0.05, 0.1) is 5.56 Å². The molecule has 2 atom stereocenters. The Labute approximate surface area is 203 Å². The highest BCUT2D eigenvalue weighted by atomic mass is 16.4. The largest absolute Gasteiger partial charge is 0.478 e. The zero-order valence-corrected chi connectivity index (χ0v) is 19.5. The number of benzene rings is 1. The van der Waals surface area contributed by atoms with Crippen molar-refractivity contribution in [2.24, 2.45) is 5.92 Å². The van der Waals surface area contributed by atoms with Crippen molar-refractivity contribution in [3.05, 3.63) is 63.6 Å². The summed E-state index contributed by atoms with van der Waals surface area (Å²) in [6, 6.07) is 9.43. The van der Waals surface area contributed by atoms with Gasteiger partial charge in [-0.3, -0.25) is 9.59 Å². The van der Waals surface area contributed by atoms with E-state index in [0.717, 1.165) is 37.8 Å². The van der Waals surface area contributed by atoms with Crippen LogP contribution >= 0.6 is 0 Å². The third-order valence-electron chi connectivity index (χ3n) is 7.44. The van der Waals surface area contributed by atoms with Crippen LogP contribution in [0.2, 0.25) is 0 Å². The molecular weight excluding hydrogens is 448 g/mol. The molecular formula is C26H30N4O5. The van der Waals surface area contributed by atoms with Gasteiger partial charge in [0, 0.05) is 42.9 Å². The van der Waals surface area contributed by atoms with E-state index in [2.05, 4.69) is 10.6 Å².